The maximum Gasteiger partial charge on any atom is 0.137 e. The minimum atomic E-state index is -0.521. The summed E-state index contributed by atoms with van der Waals surface area (Å²) < 4.78 is 19.1. The quantitative estimate of drug-likeness (QED) is 0.891. The Morgan fingerprint density at radius 1 is 1.28 bits per heavy atom. The van der Waals surface area contributed by atoms with Crippen molar-refractivity contribution in [1.29, 1.82) is 0 Å². The van der Waals surface area contributed by atoms with Gasteiger partial charge in [-0.25, -0.2) is 4.39 Å². The number of aliphatic hydroxyl groups is 1. The lowest BCUT2D eigenvalue weighted by Crippen LogP contribution is -1.99. The molecule has 1 heterocycles. The standard InChI is InChI=1S/C15H15FO2/c1-10(11(2)17)9-12-7-8-15(18-12)13-5-3-4-6-14(13)16/h3-9,11,17H,1-2H3/b10-9+. The molecule has 0 spiro atoms. The summed E-state index contributed by atoms with van der Waals surface area (Å²) >= 11 is 0. The highest BCUT2D eigenvalue weighted by Crippen LogP contribution is 2.25. The highest BCUT2D eigenvalue weighted by molar-refractivity contribution is 5.61. The van der Waals surface area contributed by atoms with Crippen molar-refractivity contribution >= 4 is 6.08 Å². The van der Waals surface area contributed by atoms with Crippen molar-refractivity contribution in [2.75, 3.05) is 0 Å². The van der Waals surface area contributed by atoms with Crippen molar-refractivity contribution in [3.05, 3.63) is 53.5 Å². The number of aliphatic hydroxyl groups excluding tert-OH is 1. The zero-order valence-corrected chi connectivity index (χ0v) is 10.4. The van der Waals surface area contributed by atoms with Crippen molar-refractivity contribution < 1.29 is 13.9 Å². The Labute approximate surface area is 105 Å². The summed E-state index contributed by atoms with van der Waals surface area (Å²) in [6, 6.07) is 9.95. The Morgan fingerprint density at radius 3 is 2.67 bits per heavy atom. The summed E-state index contributed by atoms with van der Waals surface area (Å²) in [6.07, 6.45) is 1.22. The van der Waals surface area contributed by atoms with E-state index in [1.54, 1.807) is 43.3 Å². The van der Waals surface area contributed by atoms with Gasteiger partial charge in [0.25, 0.3) is 0 Å². The van der Waals surface area contributed by atoms with Crippen LogP contribution in [-0.2, 0) is 0 Å². The fourth-order valence-corrected chi connectivity index (χ4v) is 1.58. The van der Waals surface area contributed by atoms with Crippen LogP contribution >= 0.6 is 0 Å². The maximum atomic E-state index is 13.6. The van der Waals surface area contributed by atoms with Crippen LogP contribution in [0.5, 0.6) is 0 Å². The smallest absolute Gasteiger partial charge is 0.137 e. The summed E-state index contributed by atoms with van der Waals surface area (Å²) in [5.41, 5.74) is 1.23. The number of hydrogen-bond acceptors (Lipinski definition) is 2. The summed E-state index contributed by atoms with van der Waals surface area (Å²) in [6.45, 7) is 3.50. The minimum Gasteiger partial charge on any atom is -0.457 e. The van der Waals surface area contributed by atoms with Gasteiger partial charge in [-0.05, 0) is 49.8 Å². The third kappa shape index (κ3) is 2.68. The van der Waals surface area contributed by atoms with Crippen LogP contribution in [0, 0.1) is 5.82 Å². The first-order chi connectivity index (χ1) is 8.58. The molecule has 2 rings (SSSR count). The molecule has 0 amide bonds. The molecule has 0 aliphatic heterocycles. The second-order valence-corrected chi connectivity index (χ2v) is 4.25. The van der Waals surface area contributed by atoms with Gasteiger partial charge in [-0.15, -0.1) is 0 Å². The Morgan fingerprint density at radius 2 is 2.00 bits per heavy atom. The van der Waals surface area contributed by atoms with Crippen molar-refractivity contribution in [3.8, 4) is 11.3 Å². The molecule has 94 valence electrons. The SMILES string of the molecule is C/C(=C\c1ccc(-c2ccccc2F)o1)C(C)O. The normalized spacial score (nSPS) is 13.7. The van der Waals surface area contributed by atoms with Gasteiger partial charge in [0.2, 0.25) is 0 Å². The fraction of sp³-hybridized carbons (Fsp3) is 0.200. The van der Waals surface area contributed by atoms with Crippen molar-refractivity contribution in [2.24, 2.45) is 0 Å². The van der Waals surface area contributed by atoms with E-state index in [1.807, 2.05) is 6.92 Å². The van der Waals surface area contributed by atoms with Gasteiger partial charge in [0.05, 0.1) is 11.7 Å². The number of hydrogen-bond donors (Lipinski definition) is 1. The predicted molar refractivity (Wildman–Crippen MR) is 69.4 cm³/mol. The van der Waals surface area contributed by atoms with Gasteiger partial charge in [0.15, 0.2) is 0 Å². The van der Waals surface area contributed by atoms with Gasteiger partial charge in [-0.2, -0.15) is 0 Å². The molecule has 1 atom stereocenters. The van der Waals surface area contributed by atoms with Gasteiger partial charge in [-0.1, -0.05) is 12.1 Å². The first kappa shape index (κ1) is 12.6. The third-order valence-electron chi connectivity index (χ3n) is 2.80. The molecule has 1 N–H and O–H groups in total. The van der Waals surface area contributed by atoms with E-state index < -0.39 is 6.10 Å². The largest absolute Gasteiger partial charge is 0.457 e. The van der Waals surface area contributed by atoms with Gasteiger partial charge in [0.1, 0.15) is 17.3 Å². The average molecular weight is 246 g/mol. The Balaban J connectivity index is 2.32. The van der Waals surface area contributed by atoms with E-state index in [0.717, 1.165) is 5.57 Å². The van der Waals surface area contributed by atoms with Crippen LogP contribution in [0.2, 0.25) is 0 Å². The molecule has 0 saturated heterocycles. The molecule has 0 fully saturated rings. The Kier molecular flexibility index (Phi) is 3.63. The molecular weight excluding hydrogens is 231 g/mol. The highest BCUT2D eigenvalue weighted by atomic mass is 19.1. The number of rotatable bonds is 3. The van der Waals surface area contributed by atoms with Gasteiger partial charge in [0, 0.05) is 0 Å². The average Bonchev–Trinajstić information content (AvgIpc) is 2.77. The second-order valence-electron chi connectivity index (χ2n) is 4.25. The number of benzene rings is 1. The summed E-state index contributed by atoms with van der Waals surface area (Å²) in [7, 11) is 0. The van der Waals surface area contributed by atoms with Crippen molar-refractivity contribution in [2.45, 2.75) is 20.0 Å². The third-order valence-corrected chi connectivity index (χ3v) is 2.80. The van der Waals surface area contributed by atoms with Crippen molar-refractivity contribution in [1.82, 2.24) is 0 Å². The summed E-state index contributed by atoms with van der Waals surface area (Å²) in [5, 5.41) is 9.38. The zero-order chi connectivity index (χ0) is 13.1. The predicted octanol–water partition coefficient (Wildman–Crippen LogP) is 3.87. The Hall–Kier alpha value is -1.87. The van der Waals surface area contributed by atoms with E-state index in [2.05, 4.69) is 0 Å². The molecule has 0 aliphatic carbocycles. The van der Waals surface area contributed by atoms with Crippen molar-refractivity contribution in [3.63, 3.8) is 0 Å². The molecule has 1 aromatic heterocycles. The minimum absolute atomic E-state index is 0.311. The van der Waals surface area contributed by atoms with Crippen LogP contribution in [0.1, 0.15) is 19.6 Å². The van der Waals surface area contributed by atoms with E-state index in [1.165, 1.54) is 6.07 Å². The van der Waals surface area contributed by atoms with Crippen LogP contribution in [0.25, 0.3) is 17.4 Å². The van der Waals surface area contributed by atoms with Gasteiger partial charge >= 0.3 is 0 Å². The molecule has 0 bridgehead atoms. The highest BCUT2D eigenvalue weighted by Gasteiger charge is 2.08. The molecule has 2 nitrogen and oxygen atoms in total. The topological polar surface area (TPSA) is 33.4 Å². The maximum absolute atomic E-state index is 13.6. The second kappa shape index (κ2) is 5.19. The van der Waals surface area contributed by atoms with E-state index in [0.29, 0.717) is 17.1 Å². The molecule has 0 radical (unpaired) electrons. The van der Waals surface area contributed by atoms with E-state index in [9.17, 15) is 9.50 Å². The lowest BCUT2D eigenvalue weighted by atomic mass is 10.1. The van der Waals surface area contributed by atoms with Gasteiger partial charge in [-0.3, -0.25) is 0 Å². The molecule has 0 aliphatic rings. The molecule has 1 unspecified atom stereocenters. The molecule has 0 saturated carbocycles. The first-order valence-electron chi connectivity index (χ1n) is 5.79. The molecule has 1 aromatic carbocycles. The number of furan rings is 1. The van der Waals surface area contributed by atoms with Crippen LogP contribution in [0.15, 0.2) is 46.4 Å². The molecular formula is C15H15FO2. The molecule has 3 heteroatoms. The van der Waals surface area contributed by atoms with E-state index >= 15 is 0 Å². The Bertz CT molecular complexity index is 567. The summed E-state index contributed by atoms with van der Waals surface area (Å²) in [4.78, 5) is 0. The lowest BCUT2D eigenvalue weighted by molar-refractivity contribution is 0.232. The van der Waals surface area contributed by atoms with Crippen LogP contribution in [0.4, 0.5) is 4.39 Å². The molecule has 2 aromatic rings. The van der Waals surface area contributed by atoms with Crippen LogP contribution in [-0.4, -0.2) is 11.2 Å². The number of halogens is 1. The molecule has 18 heavy (non-hydrogen) atoms. The lowest BCUT2D eigenvalue weighted by Gasteiger charge is -2.02. The van der Waals surface area contributed by atoms with Crippen LogP contribution in [0.3, 0.4) is 0 Å². The van der Waals surface area contributed by atoms with Crippen LogP contribution < -0.4 is 0 Å². The monoisotopic (exact) mass is 246 g/mol. The summed E-state index contributed by atoms with van der Waals surface area (Å²) in [5.74, 6) is 0.777. The van der Waals surface area contributed by atoms with Gasteiger partial charge < -0.3 is 9.52 Å². The zero-order valence-electron chi connectivity index (χ0n) is 10.4. The fourth-order valence-electron chi connectivity index (χ4n) is 1.58. The first-order valence-corrected chi connectivity index (χ1v) is 5.79. The van der Waals surface area contributed by atoms with E-state index in [-0.39, 0.29) is 5.82 Å². The van der Waals surface area contributed by atoms with E-state index in [4.69, 9.17) is 4.42 Å².